The van der Waals surface area contributed by atoms with Gasteiger partial charge in [0.2, 0.25) is 0 Å². The second-order valence-corrected chi connectivity index (χ2v) is 1.99. The highest BCUT2D eigenvalue weighted by atomic mass is 16.4. The van der Waals surface area contributed by atoms with Crippen LogP contribution in [0.2, 0.25) is 0 Å². The van der Waals surface area contributed by atoms with E-state index in [9.17, 15) is 4.79 Å². The number of hydrogen-bond donors (Lipinski definition) is 1. The van der Waals surface area contributed by atoms with Crippen LogP contribution in [-0.4, -0.2) is 11.1 Å². The maximum Gasteiger partial charge on any atom is 0.346 e. The number of nitriles is 1. The van der Waals surface area contributed by atoms with Gasteiger partial charge >= 0.3 is 5.97 Å². The molecule has 0 fully saturated rings. The van der Waals surface area contributed by atoms with E-state index in [-0.39, 0.29) is 5.57 Å². The Balaban J connectivity index is 2.95. The summed E-state index contributed by atoms with van der Waals surface area (Å²) in [5, 5.41) is 16.8. The van der Waals surface area contributed by atoms with Gasteiger partial charge in [0, 0.05) is 6.08 Å². The van der Waals surface area contributed by atoms with Crippen LogP contribution in [0.3, 0.4) is 0 Å². The quantitative estimate of drug-likeness (QED) is 0.526. The van der Waals surface area contributed by atoms with E-state index in [0.717, 1.165) is 0 Å². The Morgan fingerprint density at radius 3 is 2.92 bits per heavy atom. The minimum Gasteiger partial charge on any atom is -0.477 e. The van der Waals surface area contributed by atoms with Crippen LogP contribution in [0.1, 0.15) is 5.76 Å². The molecule has 1 rings (SSSR count). The molecule has 0 aliphatic carbocycles. The second kappa shape index (κ2) is 3.39. The number of carboxylic acids is 1. The number of furan rings is 1. The van der Waals surface area contributed by atoms with Gasteiger partial charge in [0.05, 0.1) is 6.26 Å². The van der Waals surface area contributed by atoms with Crippen molar-refractivity contribution in [3.63, 3.8) is 0 Å². The molecule has 0 aliphatic heterocycles. The highest BCUT2D eigenvalue weighted by molar-refractivity contribution is 5.96. The fraction of sp³-hybridized carbons (Fsp3) is 0. The predicted octanol–water partition coefficient (Wildman–Crippen LogP) is 1.27. The maximum atomic E-state index is 10.3. The topological polar surface area (TPSA) is 74.2 Å². The summed E-state index contributed by atoms with van der Waals surface area (Å²) < 4.78 is 4.83. The Morgan fingerprint density at radius 1 is 1.75 bits per heavy atom. The molecule has 1 aromatic rings. The van der Waals surface area contributed by atoms with Gasteiger partial charge in [-0.1, -0.05) is 0 Å². The van der Waals surface area contributed by atoms with Crippen molar-refractivity contribution >= 4 is 12.0 Å². The van der Waals surface area contributed by atoms with E-state index >= 15 is 0 Å². The first-order valence-corrected chi connectivity index (χ1v) is 3.12. The van der Waals surface area contributed by atoms with Crippen molar-refractivity contribution in [3.05, 3.63) is 29.7 Å². The molecule has 4 heteroatoms. The monoisotopic (exact) mass is 163 g/mol. The zero-order valence-corrected chi connectivity index (χ0v) is 6.02. The van der Waals surface area contributed by atoms with Crippen LogP contribution in [0.15, 0.2) is 28.4 Å². The summed E-state index contributed by atoms with van der Waals surface area (Å²) >= 11 is 0. The summed E-state index contributed by atoms with van der Waals surface area (Å²) in [7, 11) is 0. The van der Waals surface area contributed by atoms with E-state index in [4.69, 9.17) is 14.8 Å². The lowest BCUT2D eigenvalue weighted by atomic mass is 10.2. The van der Waals surface area contributed by atoms with Crippen LogP contribution < -0.4 is 0 Å². The third-order valence-corrected chi connectivity index (χ3v) is 1.18. The normalized spacial score (nSPS) is 10.8. The molecule has 0 unspecified atom stereocenters. The molecular weight excluding hydrogens is 158 g/mol. The molecule has 1 heterocycles. The minimum absolute atomic E-state index is 0.343. The number of aliphatic carboxylic acids is 1. The molecule has 0 spiro atoms. The van der Waals surface area contributed by atoms with Crippen molar-refractivity contribution in [2.24, 2.45) is 0 Å². The van der Waals surface area contributed by atoms with Gasteiger partial charge < -0.3 is 9.52 Å². The van der Waals surface area contributed by atoms with Crippen LogP contribution in [0.5, 0.6) is 0 Å². The lowest BCUT2D eigenvalue weighted by Crippen LogP contribution is -1.96. The van der Waals surface area contributed by atoms with E-state index in [1.165, 1.54) is 12.3 Å². The summed E-state index contributed by atoms with van der Waals surface area (Å²) in [5.41, 5.74) is -0.343. The van der Waals surface area contributed by atoms with Gasteiger partial charge in [-0.15, -0.1) is 0 Å². The first-order chi connectivity index (χ1) is 5.74. The average Bonchev–Trinajstić information content (AvgIpc) is 2.51. The highest BCUT2D eigenvalue weighted by Crippen LogP contribution is 2.06. The van der Waals surface area contributed by atoms with Crippen molar-refractivity contribution in [2.75, 3.05) is 0 Å². The zero-order valence-electron chi connectivity index (χ0n) is 6.02. The predicted molar refractivity (Wildman–Crippen MR) is 39.9 cm³/mol. The van der Waals surface area contributed by atoms with Gasteiger partial charge in [0.25, 0.3) is 0 Å². The van der Waals surface area contributed by atoms with Crippen LogP contribution >= 0.6 is 0 Å². The van der Waals surface area contributed by atoms with Crippen molar-refractivity contribution in [3.8, 4) is 6.07 Å². The molecule has 12 heavy (non-hydrogen) atoms. The Labute approximate surface area is 68.3 Å². The first kappa shape index (κ1) is 8.08. The van der Waals surface area contributed by atoms with E-state index < -0.39 is 5.97 Å². The molecule has 0 radical (unpaired) electrons. The number of rotatable bonds is 2. The number of hydrogen-bond acceptors (Lipinski definition) is 3. The van der Waals surface area contributed by atoms with Crippen molar-refractivity contribution < 1.29 is 14.3 Å². The molecule has 0 saturated heterocycles. The van der Waals surface area contributed by atoms with Crippen molar-refractivity contribution in [1.82, 2.24) is 0 Å². The van der Waals surface area contributed by atoms with Crippen molar-refractivity contribution in [1.29, 1.82) is 5.26 Å². The Kier molecular flexibility index (Phi) is 2.29. The third-order valence-electron chi connectivity index (χ3n) is 1.18. The summed E-state index contributed by atoms with van der Waals surface area (Å²) in [4.78, 5) is 10.3. The lowest BCUT2D eigenvalue weighted by molar-refractivity contribution is -0.132. The van der Waals surface area contributed by atoms with Gasteiger partial charge in [-0.05, 0) is 12.1 Å². The number of nitrogens with zero attached hydrogens (tertiary/aromatic N) is 1. The number of carbonyl (C=O) groups is 1. The summed E-state index contributed by atoms with van der Waals surface area (Å²) in [6, 6.07) is 4.72. The van der Waals surface area contributed by atoms with E-state index in [2.05, 4.69) is 0 Å². The molecule has 0 aromatic carbocycles. The Morgan fingerprint density at radius 2 is 2.50 bits per heavy atom. The zero-order chi connectivity index (χ0) is 8.97. The molecule has 0 amide bonds. The van der Waals surface area contributed by atoms with Gasteiger partial charge in [0.1, 0.15) is 17.4 Å². The minimum atomic E-state index is -1.26. The van der Waals surface area contributed by atoms with Crippen LogP contribution in [0.25, 0.3) is 6.08 Å². The van der Waals surface area contributed by atoms with E-state index in [1.54, 1.807) is 18.2 Å². The molecule has 4 nitrogen and oxygen atoms in total. The average molecular weight is 163 g/mol. The smallest absolute Gasteiger partial charge is 0.346 e. The van der Waals surface area contributed by atoms with Gasteiger partial charge in [-0.25, -0.2) is 4.79 Å². The van der Waals surface area contributed by atoms with E-state index in [0.29, 0.717) is 5.76 Å². The molecular formula is C8H5NO3. The van der Waals surface area contributed by atoms with Gasteiger partial charge in [-0.3, -0.25) is 0 Å². The fourth-order valence-corrected chi connectivity index (χ4v) is 0.657. The maximum absolute atomic E-state index is 10.3. The molecule has 0 atom stereocenters. The molecule has 0 bridgehead atoms. The molecule has 60 valence electrons. The standard InChI is InChI=1S/C8H5NO3/c9-5-6(8(10)11)4-7-2-1-3-12-7/h1-4H,(H,10,11). The number of carboxylic acid groups (broad SMARTS) is 1. The molecule has 1 N–H and O–H groups in total. The summed E-state index contributed by atoms with van der Waals surface area (Å²) in [6.45, 7) is 0. The third kappa shape index (κ3) is 1.73. The van der Waals surface area contributed by atoms with Gasteiger partial charge in [-0.2, -0.15) is 5.26 Å². The fourth-order valence-electron chi connectivity index (χ4n) is 0.657. The Bertz CT molecular complexity index is 343. The first-order valence-electron chi connectivity index (χ1n) is 3.12. The Hall–Kier alpha value is -2.02. The SMILES string of the molecule is N#CC(=Cc1ccco1)C(=O)O. The largest absolute Gasteiger partial charge is 0.477 e. The molecule has 0 aliphatic rings. The van der Waals surface area contributed by atoms with E-state index in [1.807, 2.05) is 0 Å². The molecule has 1 aromatic heterocycles. The van der Waals surface area contributed by atoms with Crippen LogP contribution in [0, 0.1) is 11.3 Å². The summed E-state index contributed by atoms with van der Waals surface area (Å²) in [6.07, 6.45) is 2.57. The van der Waals surface area contributed by atoms with Crippen molar-refractivity contribution in [2.45, 2.75) is 0 Å². The highest BCUT2D eigenvalue weighted by Gasteiger charge is 2.05. The van der Waals surface area contributed by atoms with Gasteiger partial charge in [0.15, 0.2) is 0 Å². The van der Waals surface area contributed by atoms with Crippen LogP contribution in [-0.2, 0) is 4.79 Å². The lowest BCUT2D eigenvalue weighted by Gasteiger charge is -1.86. The second-order valence-electron chi connectivity index (χ2n) is 1.99. The summed E-state index contributed by atoms with van der Waals surface area (Å²) in [5.74, 6) is -0.900. The molecule has 0 saturated carbocycles. The van der Waals surface area contributed by atoms with Crippen LogP contribution in [0.4, 0.5) is 0 Å².